The summed E-state index contributed by atoms with van der Waals surface area (Å²) in [6.45, 7) is -0.597. The highest BCUT2D eigenvalue weighted by atomic mass is 35.5. The number of ether oxygens (including phenoxy) is 2. The maximum Gasteiger partial charge on any atom is 0.492 e. The largest absolute Gasteiger partial charge is 0.492 e. The summed E-state index contributed by atoms with van der Waals surface area (Å²) in [5.41, 5.74) is -2.11. The molecule has 2 aromatic rings. The maximum atomic E-state index is 13.9. The minimum Gasteiger partial charge on any atom is -0.424 e. The summed E-state index contributed by atoms with van der Waals surface area (Å²) in [4.78, 5) is 25.4. The van der Waals surface area contributed by atoms with Gasteiger partial charge in [0.15, 0.2) is 11.5 Å². The Bertz CT molecular complexity index is 1200. The van der Waals surface area contributed by atoms with Crippen molar-refractivity contribution >= 4 is 29.0 Å². The molecule has 0 bridgehead atoms. The first-order chi connectivity index (χ1) is 16.7. The smallest absolute Gasteiger partial charge is 0.424 e. The molecule has 4 rings (SSSR count). The van der Waals surface area contributed by atoms with Gasteiger partial charge in [-0.1, -0.05) is 11.6 Å². The number of nitrogens with zero attached hydrogens (tertiary/aromatic N) is 3. The third-order valence-corrected chi connectivity index (χ3v) is 5.70. The van der Waals surface area contributed by atoms with Crippen LogP contribution in [-0.2, 0) is 6.18 Å². The number of anilines is 1. The van der Waals surface area contributed by atoms with Crippen molar-refractivity contribution in [3.05, 3.63) is 57.1 Å². The number of piperazine rings is 1. The fraction of sp³-hybridized carbons (Fsp3) is 0.350. The lowest BCUT2D eigenvalue weighted by Gasteiger charge is -2.37. The molecule has 1 N–H and O–H groups in total. The van der Waals surface area contributed by atoms with Gasteiger partial charge in [0.25, 0.3) is 5.69 Å². The molecular weight excluding hydrogens is 526 g/mol. The molecule has 0 aliphatic carbocycles. The number of amides is 2. The standard InChI is InChI=1S/C20H15ClF6N4O5/c21-12-2-4-15-16(10-12)36-20(35-15,19(25,26)27)28-17(32)30-7-5-29(6-8-30)13-3-1-11(18(22,23)24)9-14(13)31(33)34/h1-4,9-10H,5-8H2,(H,28,32)/t20-/m0/s1. The first-order valence-corrected chi connectivity index (χ1v) is 10.5. The van der Waals surface area contributed by atoms with Gasteiger partial charge in [0.05, 0.1) is 10.5 Å². The molecule has 36 heavy (non-hydrogen) atoms. The van der Waals surface area contributed by atoms with Gasteiger partial charge in [-0.2, -0.15) is 26.3 Å². The van der Waals surface area contributed by atoms with E-state index in [0.717, 1.165) is 23.1 Å². The number of fused-ring (bicyclic) bond motifs is 1. The van der Waals surface area contributed by atoms with Crippen LogP contribution in [0.3, 0.4) is 0 Å². The lowest BCUT2D eigenvalue weighted by Crippen LogP contribution is -2.67. The van der Waals surface area contributed by atoms with Crippen molar-refractivity contribution in [1.82, 2.24) is 10.2 Å². The number of carbonyl (C=O) groups excluding carboxylic acids is 1. The number of urea groups is 1. The van der Waals surface area contributed by atoms with Crippen molar-refractivity contribution < 1.29 is 45.5 Å². The van der Waals surface area contributed by atoms with Crippen molar-refractivity contribution in [1.29, 1.82) is 0 Å². The van der Waals surface area contributed by atoms with Gasteiger partial charge in [-0.3, -0.25) is 15.4 Å². The molecule has 2 heterocycles. The van der Waals surface area contributed by atoms with E-state index < -0.39 is 40.5 Å². The minimum atomic E-state index is -5.20. The molecule has 2 amide bonds. The Kier molecular flexibility index (Phi) is 6.22. The number of hydrogen-bond acceptors (Lipinski definition) is 6. The van der Waals surface area contributed by atoms with Crippen LogP contribution in [0.1, 0.15) is 5.56 Å². The number of carbonyl (C=O) groups is 1. The van der Waals surface area contributed by atoms with Gasteiger partial charge in [-0.25, -0.2) is 4.79 Å². The fourth-order valence-electron chi connectivity index (χ4n) is 3.70. The van der Waals surface area contributed by atoms with E-state index in [1.54, 1.807) is 5.32 Å². The van der Waals surface area contributed by atoms with E-state index >= 15 is 0 Å². The van der Waals surface area contributed by atoms with Crippen LogP contribution >= 0.6 is 11.6 Å². The molecule has 16 heteroatoms. The topological polar surface area (TPSA) is 97.2 Å². The van der Waals surface area contributed by atoms with Gasteiger partial charge in [0, 0.05) is 43.3 Å². The van der Waals surface area contributed by atoms with Gasteiger partial charge < -0.3 is 19.3 Å². The second-order valence-corrected chi connectivity index (χ2v) is 8.21. The summed E-state index contributed by atoms with van der Waals surface area (Å²) in [6.07, 6.45) is -9.99. The third-order valence-electron chi connectivity index (χ3n) is 5.46. The Balaban J connectivity index is 1.47. The second kappa shape index (κ2) is 8.80. The van der Waals surface area contributed by atoms with Crippen LogP contribution in [0.15, 0.2) is 36.4 Å². The molecule has 2 aliphatic rings. The molecule has 0 unspecified atom stereocenters. The number of rotatable bonds is 3. The molecule has 0 aromatic heterocycles. The Morgan fingerprint density at radius 2 is 1.64 bits per heavy atom. The summed E-state index contributed by atoms with van der Waals surface area (Å²) in [6, 6.07) is 4.34. The predicted octanol–water partition coefficient (Wildman–Crippen LogP) is 4.79. The number of alkyl halides is 6. The summed E-state index contributed by atoms with van der Waals surface area (Å²) >= 11 is 5.77. The molecule has 2 aliphatic heterocycles. The van der Waals surface area contributed by atoms with Crippen LogP contribution in [0.2, 0.25) is 5.02 Å². The van der Waals surface area contributed by atoms with Crippen molar-refractivity contribution in [2.45, 2.75) is 18.3 Å². The summed E-state index contributed by atoms with van der Waals surface area (Å²) in [5, 5.41) is 13.1. The zero-order valence-corrected chi connectivity index (χ0v) is 18.6. The van der Waals surface area contributed by atoms with Gasteiger partial charge in [0.2, 0.25) is 0 Å². The zero-order valence-electron chi connectivity index (χ0n) is 17.8. The monoisotopic (exact) mass is 540 g/mol. The van der Waals surface area contributed by atoms with Gasteiger partial charge in [0.1, 0.15) is 5.69 Å². The van der Waals surface area contributed by atoms with Gasteiger partial charge in [-0.15, -0.1) is 0 Å². The van der Waals surface area contributed by atoms with Crippen LogP contribution in [0.5, 0.6) is 11.5 Å². The first kappa shape index (κ1) is 25.5. The number of benzene rings is 2. The molecule has 194 valence electrons. The average Bonchev–Trinajstić information content (AvgIpc) is 3.16. The van der Waals surface area contributed by atoms with Crippen LogP contribution in [-0.4, -0.2) is 54.1 Å². The molecule has 0 saturated carbocycles. The Hall–Kier alpha value is -3.62. The number of nitrogens with one attached hydrogen (secondary N) is 1. The Morgan fingerprint density at radius 3 is 2.22 bits per heavy atom. The van der Waals surface area contributed by atoms with E-state index in [1.165, 1.54) is 11.0 Å². The maximum absolute atomic E-state index is 13.9. The van der Waals surface area contributed by atoms with E-state index in [4.69, 9.17) is 21.1 Å². The Labute approximate surface area is 203 Å². The van der Waals surface area contributed by atoms with E-state index in [-0.39, 0.29) is 48.4 Å². The summed E-state index contributed by atoms with van der Waals surface area (Å²) < 4.78 is 90.2. The van der Waals surface area contributed by atoms with Crippen LogP contribution < -0.4 is 19.7 Å². The minimum absolute atomic E-state index is 0.0788. The van der Waals surface area contributed by atoms with E-state index in [9.17, 15) is 41.3 Å². The van der Waals surface area contributed by atoms with Crippen LogP contribution in [0, 0.1) is 10.1 Å². The molecular formula is C20H15ClF6N4O5. The van der Waals surface area contributed by atoms with E-state index in [2.05, 4.69) is 0 Å². The highest BCUT2D eigenvalue weighted by molar-refractivity contribution is 6.30. The normalized spacial score (nSPS) is 19.9. The lowest BCUT2D eigenvalue weighted by atomic mass is 10.1. The van der Waals surface area contributed by atoms with E-state index in [0.29, 0.717) is 12.1 Å². The van der Waals surface area contributed by atoms with Crippen molar-refractivity contribution in [3.8, 4) is 11.5 Å². The molecule has 2 aromatic carbocycles. The summed E-state index contributed by atoms with van der Waals surface area (Å²) in [7, 11) is 0. The molecule has 9 nitrogen and oxygen atoms in total. The molecule has 0 radical (unpaired) electrons. The van der Waals surface area contributed by atoms with Crippen LogP contribution in [0.25, 0.3) is 0 Å². The van der Waals surface area contributed by atoms with Crippen molar-refractivity contribution in [2.24, 2.45) is 0 Å². The van der Waals surface area contributed by atoms with Crippen molar-refractivity contribution in [3.63, 3.8) is 0 Å². The number of nitro groups is 1. The molecule has 1 atom stereocenters. The van der Waals surface area contributed by atoms with E-state index in [1.807, 2.05) is 0 Å². The fourth-order valence-corrected chi connectivity index (χ4v) is 3.86. The van der Waals surface area contributed by atoms with Crippen LogP contribution in [0.4, 0.5) is 42.5 Å². The molecule has 1 saturated heterocycles. The highest BCUT2D eigenvalue weighted by Gasteiger charge is 2.66. The quantitative estimate of drug-likeness (QED) is 0.342. The number of halogens is 7. The molecule has 0 spiro atoms. The number of hydrogen-bond donors (Lipinski definition) is 1. The SMILES string of the molecule is O=C(N[C@@]1(C(F)(F)F)Oc2ccc(Cl)cc2O1)N1CCN(c2ccc(C(F)(F)F)cc2[N+](=O)[O-])CC1. The summed E-state index contributed by atoms with van der Waals surface area (Å²) in [5.74, 6) is -4.14. The highest BCUT2D eigenvalue weighted by Crippen LogP contribution is 2.46. The Morgan fingerprint density at radius 1 is 1.00 bits per heavy atom. The second-order valence-electron chi connectivity index (χ2n) is 7.77. The third kappa shape index (κ3) is 4.74. The van der Waals surface area contributed by atoms with Gasteiger partial charge >= 0.3 is 24.3 Å². The zero-order chi connectivity index (χ0) is 26.5. The number of nitro benzene ring substituents is 1. The van der Waals surface area contributed by atoms with Crippen molar-refractivity contribution in [2.75, 3.05) is 31.1 Å². The molecule has 1 fully saturated rings. The first-order valence-electron chi connectivity index (χ1n) is 10.1. The predicted molar refractivity (Wildman–Crippen MR) is 112 cm³/mol. The lowest BCUT2D eigenvalue weighted by molar-refractivity contribution is -0.384. The average molecular weight is 541 g/mol. The van der Waals surface area contributed by atoms with Gasteiger partial charge in [-0.05, 0) is 24.3 Å².